The lowest BCUT2D eigenvalue weighted by Crippen LogP contribution is -2.40. The summed E-state index contributed by atoms with van der Waals surface area (Å²) >= 11 is 6.53. The first-order valence-corrected chi connectivity index (χ1v) is 7.55. The molecule has 0 unspecified atom stereocenters. The van der Waals surface area contributed by atoms with E-state index in [0.29, 0.717) is 10.8 Å². The molecule has 0 saturated carbocycles. The van der Waals surface area contributed by atoms with E-state index in [-0.39, 0.29) is 10.6 Å². The Bertz CT molecular complexity index is 497. The highest BCUT2D eigenvalue weighted by Crippen LogP contribution is 2.25. The van der Waals surface area contributed by atoms with Crippen molar-refractivity contribution in [2.75, 3.05) is 0 Å². The van der Waals surface area contributed by atoms with Gasteiger partial charge in [0, 0.05) is 0 Å². The highest BCUT2D eigenvalue weighted by molar-refractivity contribution is 7.91. The van der Waals surface area contributed by atoms with Gasteiger partial charge in [0.1, 0.15) is 10.3 Å². The summed E-state index contributed by atoms with van der Waals surface area (Å²) in [5.74, 6) is -1.18. The SMILES string of the molecule is CCC[C@H](NS(=O)(=O)c1ccc(Cl)s1)C(=O)O. The summed E-state index contributed by atoms with van der Waals surface area (Å²) in [7, 11) is -3.80. The first-order chi connectivity index (χ1) is 7.86. The molecule has 1 atom stereocenters. The van der Waals surface area contributed by atoms with Crippen LogP contribution in [-0.2, 0) is 14.8 Å². The monoisotopic (exact) mass is 297 g/mol. The number of thiophene rings is 1. The lowest BCUT2D eigenvalue weighted by atomic mass is 10.2. The standard InChI is InChI=1S/C9H12ClNO4S2/c1-2-3-6(9(12)13)11-17(14,15)8-5-4-7(10)16-8/h4-6,11H,2-3H2,1H3,(H,12,13)/t6-/m0/s1. The molecule has 5 nitrogen and oxygen atoms in total. The summed E-state index contributed by atoms with van der Waals surface area (Å²) in [5, 5.41) is 8.87. The van der Waals surface area contributed by atoms with Crippen molar-refractivity contribution in [3.63, 3.8) is 0 Å². The molecule has 17 heavy (non-hydrogen) atoms. The first kappa shape index (κ1) is 14.4. The quantitative estimate of drug-likeness (QED) is 0.840. The highest BCUT2D eigenvalue weighted by Gasteiger charge is 2.25. The molecule has 1 rings (SSSR count). The second-order valence-corrected chi connectivity index (χ2v) is 7.02. The molecule has 0 saturated heterocycles. The molecular formula is C9H12ClNO4S2. The maximum atomic E-state index is 11.8. The van der Waals surface area contributed by atoms with E-state index in [0.717, 1.165) is 11.3 Å². The van der Waals surface area contributed by atoms with Crippen LogP contribution in [0.4, 0.5) is 0 Å². The van der Waals surface area contributed by atoms with Crippen molar-refractivity contribution in [3.05, 3.63) is 16.5 Å². The minimum atomic E-state index is -3.80. The Hall–Kier alpha value is -0.630. The molecule has 0 fully saturated rings. The van der Waals surface area contributed by atoms with Gasteiger partial charge < -0.3 is 5.11 Å². The summed E-state index contributed by atoms with van der Waals surface area (Å²) in [6, 6.07) is 1.70. The molecular weight excluding hydrogens is 286 g/mol. The number of aliphatic carboxylic acids is 1. The number of hydrogen-bond donors (Lipinski definition) is 2. The Kier molecular flexibility index (Phi) is 4.93. The van der Waals surface area contributed by atoms with E-state index in [9.17, 15) is 13.2 Å². The van der Waals surface area contributed by atoms with E-state index in [1.807, 2.05) is 0 Å². The second kappa shape index (κ2) is 5.81. The number of carboxylic acid groups (broad SMARTS) is 1. The van der Waals surface area contributed by atoms with Gasteiger partial charge in [0.2, 0.25) is 0 Å². The molecule has 2 N–H and O–H groups in total. The summed E-state index contributed by atoms with van der Waals surface area (Å²) in [4.78, 5) is 10.9. The molecule has 1 aromatic rings. The molecule has 8 heteroatoms. The third-order valence-electron chi connectivity index (χ3n) is 1.99. The van der Waals surface area contributed by atoms with Crippen molar-refractivity contribution >= 4 is 38.9 Å². The van der Waals surface area contributed by atoms with E-state index >= 15 is 0 Å². The van der Waals surface area contributed by atoms with Crippen LogP contribution in [0.1, 0.15) is 19.8 Å². The highest BCUT2D eigenvalue weighted by atomic mass is 35.5. The van der Waals surface area contributed by atoms with Crippen molar-refractivity contribution in [2.24, 2.45) is 0 Å². The number of halogens is 1. The van der Waals surface area contributed by atoms with Crippen LogP contribution in [0.5, 0.6) is 0 Å². The second-order valence-electron chi connectivity index (χ2n) is 3.36. The minimum Gasteiger partial charge on any atom is -0.480 e. The van der Waals surface area contributed by atoms with Gasteiger partial charge in [0.15, 0.2) is 0 Å². The van der Waals surface area contributed by atoms with Gasteiger partial charge in [-0.3, -0.25) is 4.79 Å². The van der Waals surface area contributed by atoms with Crippen LogP contribution in [0.25, 0.3) is 0 Å². The Morgan fingerprint density at radius 3 is 2.65 bits per heavy atom. The van der Waals surface area contributed by atoms with E-state index in [2.05, 4.69) is 4.72 Å². The molecule has 0 radical (unpaired) electrons. The third-order valence-corrected chi connectivity index (χ3v) is 5.18. The van der Waals surface area contributed by atoms with Gasteiger partial charge in [-0.1, -0.05) is 24.9 Å². The predicted octanol–water partition coefficient (Wildman–Crippen LogP) is 1.93. The molecule has 0 aliphatic rings. The number of nitrogens with one attached hydrogen (secondary N) is 1. The Morgan fingerprint density at radius 1 is 1.59 bits per heavy atom. The van der Waals surface area contributed by atoms with Crippen molar-refractivity contribution in [2.45, 2.75) is 30.0 Å². The zero-order valence-corrected chi connectivity index (χ0v) is 11.4. The van der Waals surface area contributed by atoms with Gasteiger partial charge in [-0.15, -0.1) is 11.3 Å². The predicted molar refractivity (Wildman–Crippen MR) is 66.0 cm³/mol. The van der Waals surface area contributed by atoms with Crippen molar-refractivity contribution in [3.8, 4) is 0 Å². The molecule has 0 aliphatic carbocycles. The van der Waals surface area contributed by atoms with Gasteiger partial charge >= 0.3 is 5.97 Å². The van der Waals surface area contributed by atoms with Gasteiger partial charge in [-0.05, 0) is 18.6 Å². The van der Waals surface area contributed by atoms with Crippen molar-refractivity contribution < 1.29 is 18.3 Å². The van der Waals surface area contributed by atoms with Gasteiger partial charge in [0.05, 0.1) is 4.34 Å². The van der Waals surface area contributed by atoms with Crippen molar-refractivity contribution in [1.29, 1.82) is 0 Å². The number of carboxylic acids is 1. The van der Waals surface area contributed by atoms with Crippen LogP contribution < -0.4 is 4.72 Å². The molecule has 0 spiro atoms. The Labute approximate surface area is 108 Å². The number of hydrogen-bond acceptors (Lipinski definition) is 4. The summed E-state index contributed by atoms with van der Waals surface area (Å²) < 4.78 is 26.1. The summed E-state index contributed by atoms with van der Waals surface area (Å²) in [6.07, 6.45) is 0.818. The lowest BCUT2D eigenvalue weighted by molar-refractivity contribution is -0.139. The van der Waals surface area contributed by atoms with Crippen LogP contribution in [0, 0.1) is 0 Å². The Balaban J connectivity index is 2.88. The smallest absolute Gasteiger partial charge is 0.321 e. The Morgan fingerprint density at radius 2 is 2.24 bits per heavy atom. The maximum Gasteiger partial charge on any atom is 0.321 e. The molecule has 96 valence electrons. The molecule has 0 amide bonds. The van der Waals surface area contributed by atoms with E-state index in [1.54, 1.807) is 6.92 Å². The van der Waals surface area contributed by atoms with Crippen LogP contribution in [0.3, 0.4) is 0 Å². The fraction of sp³-hybridized carbons (Fsp3) is 0.444. The summed E-state index contributed by atoms with van der Waals surface area (Å²) in [6.45, 7) is 1.78. The first-order valence-electron chi connectivity index (χ1n) is 4.87. The number of carbonyl (C=O) groups is 1. The zero-order valence-electron chi connectivity index (χ0n) is 9.01. The van der Waals surface area contributed by atoms with Gasteiger partial charge in [-0.25, -0.2) is 8.42 Å². The topological polar surface area (TPSA) is 83.5 Å². The fourth-order valence-corrected chi connectivity index (χ4v) is 3.93. The normalized spacial score (nSPS) is 13.5. The van der Waals surface area contributed by atoms with Gasteiger partial charge in [-0.2, -0.15) is 4.72 Å². The fourth-order valence-electron chi connectivity index (χ4n) is 1.21. The lowest BCUT2D eigenvalue weighted by Gasteiger charge is -2.12. The largest absolute Gasteiger partial charge is 0.480 e. The average molecular weight is 298 g/mol. The van der Waals surface area contributed by atoms with Crippen LogP contribution >= 0.6 is 22.9 Å². The summed E-state index contributed by atoms with van der Waals surface area (Å²) in [5.41, 5.74) is 0. The molecule has 0 aliphatic heterocycles. The van der Waals surface area contributed by atoms with Crippen LogP contribution in [-0.4, -0.2) is 25.5 Å². The molecule has 0 aromatic carbocycles. The molecule has 0 bridgehead atoms. The average Bonchev–Trinajstić information content (AvgIpc) is 2.64. The molecule has 1 heterocycles. The molecule has 1 aromatic heterocycles. The minimum absolute atomic E-state index is 0.0184. The van der Waals surface area contributed by atoms with Gasteiger partial charge in [0.25, 0.3) is 10.0 Å². The van der Waals surface area contributed by atoms with Crippen LogP contribution in [0.15, 0.2) is 16.3 Å². The van der Waals surface area contributed by atoms with Crippen molar-refractivity contribution in [1.82, 2.24) is 4.72 Å². The van der Waals surface area contributed by atoms with E-state index in [4.69, 9.17) is 16.7 Å². The zero-order chi connectivity index (χ0) is 13.1. The van der Waals surface area contributed by atoms with E-state index < -0.39 is 22.0 Å². The maximum absolute atomic E-state index is 11.8. The number of sulfonamides is 1. The number of rotatable bonds is 6. The van der Waals surface area contributed by atoms with Crippen LogP contribution in [0.2, 0.25) is 4.34 Å². The third kappa shape index (κ3) is 3.95. The van der Waals surface area contributed by atoms with E-state index in [1.165, 1.54) is 12.1 Å².